The highest BCUT2D eigenvalue weighted by molar-refractivity contribution is 6.31. The number of aromatic nitrogens is 1. The molecule has 0 spiro atoms. The van der Waals surface area contributed by atoms with Crippen LogP contribution < -0.4 is 5.32 Å². The van der Waals surface area contributed by atoms with Crippen LogP contribution in [0.3, 0.4) is 0 Å². The third kappa shape index (κ3) is 3.35. The Labute approximate surface area is 137 Å². The summed E-state index contributed by atoms with van der Waals surface area (Å²) in [7, 11) is 0. The van der Waals surface area contributed by atoms with E-state index in [9.17, 15) is 9.90 Å². The monoisotopic (exact) mass is 327 g/mol. The lowest BCUT2D eigenvalue weighted by atomic mass is 10.2. The van der Waals surface area contributed by atoms with Gasteiger partial charge < -0.3 is 15.4 Å². The lowest BCUT2D eigenvalue weighted by molar-refractivity contribution is -0.114. The number of amides is 1. The molecule has 6 heteroatoms. The number of rotatable bonds is 3. The number of nitrogens with zero attached hydrogens (tertiary/aromatic N) is 1. The fourth-order valence-electron chi connectivity index (χ4n) is 2.27. The van der Waals surface area contributed by atoms with Gasteiger partial charge in [-0.25, -0.2) is 0 Å². The van der Waals surface area contributed by atoms with E-state index in [1.807, 2.05) is 0 Å². The Morgan fingerprint density at radius 2 is 2.00 bits per heavy atom. The summed E-state index contributed by atoms with van der Waals surface area (Å²) in [6.07, 6.45) is 1.58. The molecule has 116 valence electrons. The molecule has 0 saturated carbocycles. The smallest absolute Gasteiger partial charge is 0.221 e. The average molecular weight is 328 g/mol. The molecular formula is C17H14ClN3O2. The van der Waals surface area contributed by atoms with Crippen LogP contribution in [-0.4, -0.2) is 22.2 Å². The number of aliphatic imine (C=N–C) groups is 1. The first-order valence-corrected chi connectivity index (χ1v) is 7.32. The number of carbonyl (C=O) groups is 1. The van der Waals surface area contributed by atoms with Gasteiger partial charge in [-0.2, -0.15) is 0 Å². The number of aromatic amines is 1. The maximum atomic E-state index is 11.0. The Morgan fingerprint density at radius 3 is 2.70 bits per heavy atom. The zero-order chi connectivity index (χ0) is 16.4. The first kappa shape index (κ1) is 15.1. The summed E-state index contributed by atoms with van der Waals surface area (Å²) in [4.78, 5) is 18.2. The summed E-state index contributed by atoms with van der Waals surface area (Å²) in [6.45, 7) is 1.46. The van der Waals surface area contributed by atoms with E-state index >= 15 is 0 Å². The predicted molar refractivity (Wildman–Crippen MR) is 93.0 cm³/mol. The number of halogens is 1. The molecule has 0 bridgehead atoms. The van der Waals surface area contributed by atoms with E-state index in [1.54, 1.807) is 48.7 Å². The minimum absolute atomic E-state index is 0.0425. The van der Waals surface area contributed by atoms with Crippen molar-refractivity contribution in [1.82, 2.24) is 4.98 Å². The van der Waals surface area contributed by atoms with E-state index in [-0.39, 0.29) is 11.8 Å². The van der Waals surface area contributed by atoms with Crippen molar-refractivity contribution >= 4 is 46.0 Å². The number of H-pyrrole nitrogens is 1. The number of anilines is 1. The molecular weight excluding hydrogens is 314 g/mol. The number of fused-ring (bicyclic) bond motifs is 1. The van der Waals surface area contributed by atoms with Crippen LogP contribution in [0.4, 0.5) is 11.4 Å². The van der Waals surface area contributed by atoms with Crippen LogP contribution in [0.5, 0.6) is 5.88 Å². The zero-order valence-corrected chi connectivity index (χ0v) is 13.1. The molecule has 3 rings (SSSR count). The summed E-state index contributed by atoms with van der Waals surface area (Å²) < 4.78 is 0. The summed E-state index contributed by atoms with van der Waals surface area (Å²) in [6, 6.07) is 12.4. The van der Waals surface area contributed by atoms with Crippen molar-refractivity contribution in [3.8, 4) is 5.88 Å². The highest BCUT2D eigenvalue weighted by atomic mass is 35.5. The second kappa shape index (κ2) is 6.14. The van der Waals surface area contributed by atoms with Gasteiger partial charge in [0.1, 0.15) is 0 Å². The second-order valence-electron chi connectivity index (χ2n) is 5.06. The SMILES string of the molecule is CC(=O)Nc1ccc(N=Cc2c(O)[nH]c3ccc(Cl)cc23)cc1. The normalized spacial score (nSPS) is 11.2. The van der Waals surface area contributed by atoms with Crippen LogP contribution in [0.1, 0.15) is 12.5 Å². The fourth-order valence-corrected chi connectivity index (χ4v) is 2.45. The third-order valence-electron chi connectivity index (χ3n) is 3.31. The zero-order valence-electron chi connectivity index (χ0n) is 12.3. The van der Waals surface area contributed by atoms with Crippen LogP contribution >= 0.6 is 11.6 Å². The minimum atomic E-state index is -0.123. The van der Waals surface area contributed by atoms with Gasteiger partial charge in [-0.15, -0.1) is 0 Å². The molecule has 1 heterocycles. The van der Waals surface area contributed by atoms with Crippen molar-refractivity contribution < 1.29 is 9.90 Å². The number of carbonyl (C=O) groups excluding carboxylic acids is 1. The summed E-state index contributed by atoms with van der Waals surface area (Å²) >= 11 is 6.00. The van der Waals surface area contributed by atoms with Gasteiger partial charge in [0.2, 0.25) is 5.91 Å². The van der Waals surface area contributed by atoms with Gasteiger partial charge in [0.05, 0.1) is 11.3 Å². The molecule has 0 saturated heterocycles. The quantitative estimate of drug-likeness (QED) is 0.629. The fraction of sp³-hybridized carbons (Fsp3) is 0.0588. The van der Waals surface area contributed by atoms with Crippen molar-refractivity contribution in [3.63, 3.8) is 0 Å². The molecule has 0 aliphatic heterocycles. The molecule has 3 aromatic rings. The Hall–Kier alpha value is -2.79. The van der Waals surface area contributed by atoms with Crippen LogP contribution in [0, 0.1) is 0 Å². The Morgan fingerprint density at radius 1 is 1.26 bits per heavy atom. The van der Waals surface area contributed by atoms with Crippen molar-refractivity contribution in [2.45, 2.75) is 6.92 Å². The lowest BCUT2D eigenvalue weighted by Crippen LogP contribution is -2.04. The molecule has 0 radical (unpaired) electrons. The van der Waals surface area contributed by atoms with E-state index in [4.69, 9.17) is 11.6 Å². The molecule has 3 N–H and O–H groups in total. The van der Waals surface area contributed by atoms with Crippen LogP contribution in [0.25, 0.3) is 10.9 Å². The molecule has 2 aromatic carbocycles. The molecule has 1 amide bonds. The van der Waals surface area contributed by atoms with Gasteiger partial charge in [-0.05, 0) is 42.5 Å². The molecule has 0 aliphatic carbocycles. The van der Waals surface area contributed by atoms with E-state index in [1.165, 1.54) is 6.92 Å². The van der Waals surface area contributed by atoms with Crippen LogP contribution in [0.2, 0.25) is 5.02 Å². The van der Waals surface area contributed by atoms with Gasteiger partial charge in [-0.3, -0.25) is 9.79 Å². The van der Waals surface area contributed by atoms with Gasteiger partial charge in [-0.1, -0.05) is 11.6 Å². The molecule has 0 fully saturated rings. The van der Waals surface area contributed by atoms with Crippen molar-refractivity contribution in [3.05, 3.63) is 53.1 Å². The Bertz CT molecular complexity index is 898. The summed E-state index contributed by atoms with van der Waals surface area (Å²) in [5.74, 6) is -0.0808. The van der Waals surface area contributed by atoms with E-state index < -0.39 is 0 Å². The van der Waals surface area contributed by atoms with Crippen molar-refractivity contribution in [2.24, 2.45) is 4.99 Å². The molecule has 0 aliphatic rings. The third-order valence-corrected chi connectivity index (χ3v) is 3.55. The number of aromatic hydroxyl groups is 1. The van der Waals surface area contributed by atoms with E-state index in [0.717, 1.165) is 10.9 Å². The first-order chi connectivity index (χ1) is 11.0. The highest BCUT2D eigenvalue weighted by Crippen LogP contribution is 2.28. The Balaban J connectivity index is 1.89. The highest BCUT2D eigenvalue weighted by Gasteiger charge is 2.09. The van der Waals surface area contributed by atoms with Crippen molar-refractivity contribution in [1.29, 1.82) is 0 Å². The van der Waals surface area contributed by atoms with Crippen LogP contribution in [-0.2, 0) is 4.79 Å². The predicted octanol–water partition coefficient (Wildman–Crippen LogP) is 4.24. The number of nitrogens with one attached hydrogen (secondary N) is 2. The van der Waals surface area contributed by atoms with Gasteiger partial charge >= 0.3 is 0 Å². The first-order valence-electron chi connectivity index (χ1n) is 6.95. The molecule has 23 heavy (non-hydrogen) atoms. The molecule has 1 aromatic heterocycles. The summed E-state index contributed by atoms with van der Waals surface area (Å²) in [5.41, 5.74) is 2.77. The van der Waals surface area contributed by atoms with Gasteiger partial charge in [0.25, 0.3) is 0 Å². The van der Waals surface area contributed by atoms with Crippen LogP contribution in [0.15, 0.2) is 47.5 Å². The number of hydrogen-bond acceptors (Lipinski definition) is 3. The van der Waals surface area contributed by atoms with Gasteiger partial charge in [0.15, 0.2) is 5.88 Å². The second-order valence-corrected chi connectivity index (χ2v) is 5.50. The van der Waals surface area contributed by atoms with Gasteiger partial charge in [0, 0.05) is 34.8 Å². The molecule has 5 nitrogen and oxygen atoms in total. The minimum Gasteiger partial charge on any atom is -0.494 e. The molecule has 0 unspecified atom stereocenters. The largest absolute Gasteiger partial charge is 0.494 e. The van der Waals surface area contributed by atoms with E-state index in [0.29, 0.717) is 22.0 Å². The standard InChI is InChI=1S/C17H14ClN3O2/c1-10(22)20-13-5-3-12(4-6-13)19-9-15-14-8-11(18)2-7-16(14)21-17(15)23/h2-9,21,23H,1H3,(H,20,22). The topological polar surface area (TPSA) is 77.5 Å². The Kier molecular flexibility index (Phi) is 4.04. The maximum Gasteiger partial charge on any atom is 0.221 e. The lowest BCUT2D eigenvalue weighted by Gasteiger charge is -2.01. The summed E-state index contributed by atoms with van der Waals surface area (Å²) in [5, 5.41) is 14.1. The maximum absolute atomic E-state index is 11.0. The number of benzene rings is 2. The van der Waals surface area contributed by atoms with Crippen molar-refractivity contribution in [2.75, 3.05) is 5.32 Å². The molecule has 0 atom stereocenters. The number of hydrogen-bond donors (Lipinski definition) is 3. The van der Waals surface area contributed by atoms with E-state index in [2.05, 4.69) is 15.3 Å². The average Bonchev–Trinajstić information content (AvgIpc) is 2.81.